The molecule has 1 unspecified atom stereocenters. The molecule has 6 nitrogen and oxygen atoms in total. The predicted octanol–water partition coefficient (Wildman–Crippen LogP) is 3.12. The molecule has 6 heteroatoms. The van der Waals surface area contributed by atoms with Crippen LogP contribution in [-0.2, 0) is 0 Å². The third-order valence-electron chi connectivity index (χ3n) is 5.78. The van der Waals surface area contributed by atoms with Crippen LogP contribution in [0, 0.1) is 6.92 Å². The SMILES string of the molecule is Cc1ccn(C(C)c2ccccc2)c(=O)c1C(=O)N1CCN(c2ccccn2)CC1. The molecule has 1 atom stereocenters. The van der Waals surface area contributed by atoms with E-state index in [2.05, 4.69) is 9.88 Å². The third kappa shape index (κ3) is 3.85. The second kappa shape index (κ2) is 8.53. The van der Waals surface area contributed by atoms with E-state index in [1.54, 1.807) is 21.9 Å². The number of benzene rings is 1. The number of hydrogen-bond donors (Lipinski definition) is 0. The number of aromatic nitrogens is 2. The molecule has 1 aliphatic heterocycles. The summed E-state index contributed by atoms with van der Waals surface area (Å²) in [6.45, 7) is 6.34. The van der Waals surface area contributed by atoms with E-state index in [-0.39, 0.29) is 23.1 Å². The first-order valence-electron chi connectivity index (χ1n) is 10.3. The summed E-state index contributed by atoms with van der Waals surface area (Å²) in [5.41, 5.74) is 1.79. The van der Waals surface area contributed by atoms with Gasteiger partial charge < -0.3 is 14.4 Å². The molecule has 0 spiro atoms. The maximum atomic E-state index is 13.3. The van der Waals surface area contributed by atoms with Crippen molar-refractivity contribution in [2.75, 3.05) is 31.1 Å². The van der Waals surface area contributed by atoms with Crippen LogP contribution in [0.3, 0.4) is 0 Å². The summed E-state index contributed by atoms with van der Waals surface area (Å²) in [5.74, 6) is 0.729. The topological polar surface area (TPSA) is 58.4 Å². The summed E-state index contributed by atoms with van der Waals surface area (Å²) in [6, 6.07) is 17.4. The van der Waals surface area contributed by atoms with Gasteiger partial charge in [-0.05, 0) is 43.2 Å². The van der Waals surface area contributed by atoms with Gasteiger partial charge in [-0.15, -0.1) is 0 Å². The Bertz CT molecular complexity index is 1070. The van der Waals surface area contributed by atoms with Gasteiger partial charge in [0.15, 0.2) is 0 Å². The van der Waals surface area contributed by atoms with Crippen molar-refractivity contribution in [1.29, 1.82) is 0 Å². The number of rotatable bonds is 4. The van der Waals surface area contributed by atoms with Crippen molar-refractivity contribution in [2.45, 2.75) is 19.9 Å². The Balaban J connectivity index is 1.55. The number of hydrogen-bond acceptors (Lipinski definition) is 4. The van der Waals surface area contributed by atoms with E-state index < -0.39 is 0 Å². The Morgan fingerprint density at radius 2 is 1.67 bits per heavy atom. The lowest BCUT2D eigenvalue weighted by molar-refractivity contribution is 0.0743. The van der Waals surface area contributed by atoms with Gasteiger partial charge >= 0.3 is 0 Å². The van der Waals surface area contributed by atoms with Crippen molar-refractivity contribution in [2.24, 2.45) is 0 Å². The second-order valence-corrected chi connectivity index (χ2v) is 7.64. The normalized spacial score (nSPS) is 15.1. The van der Waals surface area contributed by atoms with Crippen molar-refractivity contribution >= 4 is 11.7 Å². The largest absolute Gasteiger partial charge is 0.353 e. The third-order valence-corrected chi connectivity index (χ3v) is 5.78. The fourth-order valence-electron chi connectivity index (χ4n) is 3.94. The summed E-state index contributed by atoms with van der Waals surface area (Å²) in [7, 11) is 0. The summed E-state index contributed by atoms with van der Waals surface area (Å²) in [5, 5.41) is 0. The second-order valence-electron chi connectivity index (χ2n) is 7.64. The van der Waals surface area contributed by atoms with Gasteiger partial charge in [-0.1, -0.05) is 36.4 Å². The maximum absolute atomic E-state index is 13.3. The zero-order valence-corrected chi connectivity index (χ0v) is 17.4. The molecule has 3 aromatic rings. The number of piperazine rings is 1. The smallest absolute Gasteiger partial charge is 0.264 e. The van der Waals surface area contributed by atoms with Crippen LogP contribution in [0.2, 0.25) is 0 Å². The Morgan fingerprint density at radius 3 is 2.33 bits per heavy atom. The molecule has 4 rings (SSSR count). The minimum absolute atomic E-state index is 0.146. The van der Waals surface area contributed by atoms with E-state index in [0.717, 1.165) is 11.4 Å². The minimum Gasteiger partial charge on any atom is -0.353 e. The fraction of sp³-hybridized carbons (Fsp3) is 0.292. The molecule has 1 aliphatic rings. The number of aryl methyl sites for hydroxylation is 1. The zero-order valence-electron chi connectivity index (χ0n) is 17.4. The highest BCUT2D eigenvalue weighted by Gasteiger charge is 2.27. The van der Waals surface area contributed by atoms with E-state index in [4.69, 9.17) is 0 Å². The van der Waals surface area contributed by atoms with Crippen molar-refractivity contribution in [3.05, 3.63) is 94.0 Å². The standard InChI is InChI=1S/C24H26N4O2/c1-18-11-13-28(19(2)20-8-4-3-5-9-20)24(30)22(18)23(29)27-16-14-26(15-17-27)21-10-6-7-12-25-21/h3-13,19H,14-17H2,1-2H3. The van der Waals surface area contributed by atoms with Crippen molar-refractivity contribution < 1.29 is 4.79 Å². The molecule has 1 saturated heterocycles. The number of carbonyl (C=O) groups is 1. The number of anilines is 1. The van der Waals surface area contributed by atoms with Crippen molar-refractivity contribution in [3.8, 4) is 0 Å². The molecule has 3 heterocycles. The molecule has 0 aliphatic carbocycles. The fourth-order valence-corrected chi connectivity index (χ4v) is 3.94. The van der Waals surface area contributed by atoms with Crippen LogP contribution < -0.4 is 10.5 Å². The summed E-state index contributed by atoms with van der Waals surface area (Å²) in [6.07, 6.45) is 3.56. The van der Waals surface area contributed by atoms with Crippen molar-refractivity contribution in [3.63, 3.8) is 0 Å². The minimum atomic E-state index is -0.233. The molecule has 0 saturated carbocycles. The lowest BCUT2D eigenvalue weighted by Gasteiger charge is -2.35. The van der Waals surface area contributed by atoms with E-state index in [1.165, 1.54) is 0 Å². The Labute approximate surface area is 176 Å². The van der Waals surface area contributed by atoms with E-state index in [1.807, 2.05) is 68.4 Å². The van der Waals surface area contributed by atoms with Crippen LogP contribution in [0.5, 0.6) is 0 Å². The average Bonchev–Trinajstić information content (AvgIpc) is 2.80. The highest BCUT2D eigenvalue weighted by Crippen LogP contribution is 2.18. The molecule has 1 amide bonds. The lowest BCUT2D eigenvalue weighted by Crippen LogP contribution is -2.50. The maximum Gasteiger partial charge on any atom is 0.264 e. The quantitative estimate of drug-likeness (QED) is 0.673. The van der Waals surface area contributed by atoms with Crippen LogP contribution in [0.15, 0.2) is 71.8 Å². The Hall–Kier alpha value is -3.41. The van der Waals surface area contributed by atoms with E-state index in [0.29, 0.717) is 31.7 Å². The first-order valence-corrected chi connectivity index (χ1v) is 10.3. The van der Waals surface area contributed by atoms with Crippen LogP contribution in [0.25, 0.3) is 0 Å². The number of pyridine rings is 2. The summed E-state index contributed by atoms with van der Waals surface area (Å²) in [4.78, 5) is 34.9. The number of nitrogens with zero attached hydrogens (tertiary/aromatic N) is 4. The molecule has 0 bridgehead atoms. The van der Waals surface area contributed by atoms with Gasteiger partial charge in [-0.3, -0.25) is 9.59 Å². The molecule has 1 aromatic carbocycles. The van der Waals surface area contributed by atoms with Crippen molar-refractivity contribution in [1.82, 2.24) is 14.5 Å². The molecule has 154 valence electrons. The van der Waals surface area contributed by atoms with E-state index >= 15 is 0 Å². The zero-order chi connectivity index (χ0) is 21.1. The summed E-state index contributed by atoms with van der Waals surface area (Å²) < 4.78 is 1.65. The summed E-state index contributed by atoms with van der Waals surface area (Å²) >= 11 is 0. The molecule has 0 radical (unpaired) electrons. The Morgan fingerprint density at radius 1 is 0.967 bits per heavy atom. The molecular formula is C24H26N4O2. The highest BCUT2D eigenvalue weighted by molar-refractivity contribution is 5.95. The highest BCUT2D eigenvalue weighted by atomic mass is 16.2. The van der Waals surface area contributed by atoms with Gasteiger partial charge in [0.25, 0.3) is 11.5 Å². The number of amides is 1. The van der Waals surface area contributed by atoms with Gasteiger partial charge in [0.1, 0.15) is 11.4 Å². The van der Waals surface area contributed by atoms with E-state index in [9.17, 15) is 9.59 Å². The first-order chi connectivity index (χ1) is 14.6. The van der Waals surface area contributed by atoms with Gasteiger partial charge in [-0.2, -0.15) is 0 Å². The van der Waals surface area contributed by atoms with Gasteiger partial charge in [0.2, 0.25) is 0 Å². The molecule has 2 aromatic heterocycles. The van der Waals surface area contributed by atoms with Gasteiger partial charge in [0, 0.05) is 38.6 Å². The predicted molar refractivity (Wildman–Crippen MR) is 118 cm³/mol. The van der Waals surface area contributed by atoms with Crippen LogP contribution in [0.1, 0.15) is 34.5 Å². The molecule has 1 fully saturated rings. The van der Waals surface area contributed by atoms with Gasteiger partial charge in [-0.25, -0.2) is 4.98 Å². The molecular weight excluding hydrogens is 376 g/mol. The molecule has 30 heavy (non-hydrogen) atoms. The number of carbonyl (C=O) groups excluding carboxylic acids is 1. The van der Waals surface area contributed by atoms with Crippen LogP contribution >= 0.6 is 0 Å². The Kier molecular flexibility index (Phi) is 5.65. The monoisotopic (exact) mass is 402 g/mol. The van der Waals surface area contributed by atoms with Crippen LogP contribution in [-0.4, -0.2) is 46.5 Å². The molecule has 0 N–H and O–H groups in total. The average molecular weight is 402 g/mol. The van der Waals surface area contributed by atoms with Gasteiger partial charge in [0.05, 0.1) is 6.04 Å². The first kappa shape index (κ1) is 19.9. The van der Waals surface area contributed by atoms with Crippen LogP contribution in [0.4, 0.5) is 5.82 Å². The lowest BCUT2D eigenvalue weighted by atomic mass is 10.1.